The molecule has 0 aliphatic carbocycles. The van der Waals surface area contributed by atoms with Crippen molar-refractivity contribution in [2.24, 2.45) is 0 Å². The smallest absolute Gasteiger partial charge is 0.267 e. The van der Waals surface area contributed by atoms with Crippen LogP contribution in [0.15, 0.2) is 46.9 Å². The van der Waals surface area contributed by atoms with Crippen molar-refractivity contribution in [1.82, 2.24) is 4.98 Å². The quantitative estimate of drug-likeness (QED) is 0.162. The van der Waals surface area contributed by atoms with Crippen molar-refractivity contribution in [3.63, 3.8) is 0 Å². The molecule has 5 rings (SSSR count). The zero-order valence-electron chi connectivity index (χ0n) is 16.0. The van der Waals surface area contributed by atoms with Gasteiger partial charge in [-0.15, -0.1) is 11.3 Å². The van der Waals surface area contributed by atoms with Gasteiger partial charge in [0.05, 0.1) is 5.02 Å². The molecular weight excluding hydrogens is 487 g/mol. The number of hydrogen-bond acceptors (Lipinski definition) is 4. The van der Waals surface area contributed by atoms with Crippen LogP contribution in [-0.2, 0) is 0 Å². The number of thiophene rings is 1. The first-order valence-electron chi connectivity index (χ1n) is 9.17. The van der Waals surface area contributed by atoms with E-state index in [4.69, 9.17) is 16.0 Å². The largest absolute Gasteiger partial charge is 0.436 e. The number of anilines is 1. The molecule has 166 valence electrons. The van der Waals surface area contributed by atoms with Gasteiger partial charge in [-0.05, 0) is 24.3 Å². The summed E-state index contributed by atoms with van der Waals surface area (Å²) in [5.41, 5.74) is -1.01. The van der Waals surface area contributed by atoms with Crippen molar-refractivity contribution in [3.05, 3.63) is 81.5 Å². The third-order valence-corrected chi connectivity index (χ3v) is 6.48. The second-order valence-corrected chi connectivity index (χ2v) is 8.27. The van der Waals surface area contributed by atoms with Gasteiger partial charge in [-0.2, -0.15) is 0 Å². The number of carbonyl (C=O) groups excluding carboxylic acids is 1. The van der Waals surface area contributed by atoms with Crippen molar-refractivity contribution >= 4 is 55.7 Å². The molecule has 2 heterocycles. The molecule has 0 spiro atoms. The van der Waals surface area contributed by atoms with Crippen LogP contribution in [0.2, 0.25) is 5.02 Å². The van der Waals surface area contributed by atoms with Crippen LogP contribution < -0.4 is 5.32 Å². The topological polar surface area (TPSA) is 55.1 Å². The van der Waals surface area contributed by atoms with Crippen LogP contribution in [-0.4, -0.2) is 10.9 Å². The van der Waals surface area contributed by atoms with Crippen molar-refractivity contribution in [3.8, 4) is 11.5 Å². The van der Waals surface area contributed by atoms with E-state index in [-0.39, 0.29) is 21.7 Å². The zero-order valence-corrected chi connectivity index (χ0v) is 17.6. The average Bonchev–Trinajstić information content (AvgIpc) is 3.37. The van der Waals surface area contributed by atoms with Gasteiger partial charge in [0, 0.05) is 15.8 Å². The summed E-state index contributed by atoms with van der Waals surface area (Å²) in [6.45, 7) is 0. The molecule has 0 aliphatic rings. The lowest BCUT2D eigenvalue weighted by Gasteiger charge is -2.04. The number of oxazole rings is 1. The number of aromatic nitrogens is 1. The third kappa shape index (κ3) is 3.42. The molecule has 0 aliphatic heterocycles. The second kappa shape index (κ2) is 7.82. The van der Waals surface area contributed by atoms with E-state index in [1.165, 1.54) is 29.5 Å². The first-order chi connectivity index (χ1) is 15.8. The summed E-state index contributed by atoms with van der Waals surface area (Å²) in [4.78, 5) is 16.8. The lowest BCUT2D eigenvalue weighted by atomic mass is 10.1. The fourth-order valence-corrected chi connectivity index (χ4v) is 4.66. The summed E-state index contributed by atoms with van der Waals surface area (Å²) < 4.78 is 74.6. The predicted molar refractivity (Wildman–Crippen MR) is 114 cm³/mol. The maximum Gasteiger partial charge on any atom is 0.267 e. The van der Waals surface area contributed by atoms with E-state index in [0.717, 1.165) is 10.1 Å². The minimum atomic E-state index is -2.28. The summed E-state index contributed by atoms with van der Waals surface area (Å²) in [7, 11) is 0. The number of nitrogens with one attached hydrogen (secondary N) is 1. The van der Waals surface area contributed by atoms with Gasteiger partial charge in [0.1, 0.15) is 16.0 Å². The normalized spacial score (nSPS) is 11.5. The molecule has 4 nitrogen and oxygen atoms in total. The monoisotopic (exact) mass is 494 g/mol. The van der Waals surface area contributed by atoms with Gasteiger partial charge in [-0.3, -0.25) is 4.79 Å². The van der Waals surface area contributed by atoms with Gasteiger partial charge >= 0.3 is 0 Å². The van der Waals surface area contributed by atoms with Gasteiger partial charge in [-0.25, -0.2) is 26.9 Å². The standard InChI is InChI=1S/C22H8ClF5N2O2S/c23-14-9-3-1-2-4-12(9)33-20(14)21(31)29-8-5-6-11-10(7-8)30-22(32-11)13-15(24)17(26)19(28)18(27)16(13)25/h1-7H,(H,29,31). The highest BCUT2D eigenvalue weighted by molar-refractivity contribution is 7.21. The molecule has 33 heavy (non-hydrogen) atoms. The molecule has 0 saturated heterocycles. The summed E-state index contributed by atoms with van der Waals surface area (Å²) in [6.07, 6.45) is 0. The van der Waals surface area contributed by atoms with Crippen LogP contribution >= 0.6 is 22.9 Å². The molecule has 3 aromatic carbocycles. The van der Waals surface area contributed by atoms with Crippen LogP contribution in [0.3, 0.4) is 0 Å². The summed E-state index contributed by atoms with van der Waals surface area (Å²) >= 11 is 7.51. The number of nitrogens with zero attached hydrogens (tertiary/aromatic N) is 1. The van der Waals surface area contributed by atoms with E-state index in [2.05, 4.69) is 10.3 Å². The molecule has 0 unspecified atom stereocenters. The Kier molecular flexibility index (Phi) is 5.06. The summed E-state index contributed by atoms with van der Waals surface area (Å²) in [6, 6.07) is 11.3. The maximum atomic E-state index is 14.1. The minimum Gasteiger partial charge on any atom is -0.436 e. The van der Waals surface area contributed by atoms with Crippen LogP contribution in [0.1, 0.15) is 9.67 Å². The minimum absolute atomic E-state index is 0.00633. The predicted octanol–water partition coefficient (Wildman–Crippen LogP) is 7.31. The van der Waals surface area contributed by atoms with Gasteiger partial charge < -0.3 is 9.73 Å². The Labute approximate surface area is 190 Å². The van der Waals surface area contributed by atoms with E-state index in [1.807, 2.05) is 12.1 Å². The first-order valence-corrected chi connectivity index (χ1v) is 10.4. The van der Waals surface area contributed by atoms with Crippen molar-refractivity contribution in [2.45, 2.75) is 0 Å². The number of benzene rings is 3. The van der Waals surface area contributed by atoms with Gasteiger partial charge in [0.25, 0.3) is 5.91 Å². The average molecular weight is 495 g/mol. The molecule has 1 N–H and O–H groups in total. The van der Waals surface area contributed by atoms with Gasteiger partial charge in [0.15, 0.2) is 28.9 Å². The van der Waals surface area contributed by atoms with E-state index in [0.29, 0.717) is 5.02 Å². The molecule has 0 bridgehead atoms. The molecule has 0 radical (unpaired) electrons. The van der Waals surface area contributed by atoms with Crippen LogP contribution in [0.4, 0.5) is 27.6 Å². The van der Waals surface area contributed by atoms with Crippen molar-refractivity contribution in [2.75, 3.05) is 5.32 Å². The lowest BCUT2D eigenvalue weighted by molar-refractivity contribution is 0.103. The lowest BCUT2D eigenvalue weighted by Crippen LogP contribution is -2.10. The first kappa shape index (κ1) is 21.4. The summed E-state index contributed by atoms with van der Waals surface area (Å²) in [5, 5.41) is 3.66. The number of amides is 1. The van der Waals surface area contributed by atoms with E-state index in [9.17, 15) is 26.7 Å². The maximum absolute atomic E-state index is 14.1. The molecule has 2 aromatic heterocycles. The Bertz CT molecular complexity index is 1570. The Morgan fingerprint density at radius 1 is 0.939 bits per heavy atom. The molecule has 11 heteroatoms. The Balaban J connectivity index is 1.50. The number of halogens is 6. The molecule has 0 saturated carbocycles. The van der Waals surface area contributed by atoms with Crippen molar-refractivity contribution in [1.29, 1.82) is 0 Å². The fraction of sp³-hybridized carbons (Fsp3) is 0. The van der Waals surface area contributed by atoms with E-state index < -0.39 is 46.4 Å². The Hall–Kier alpha value is -3.50. The molecule has 5 aromatic rings. The van der Waals surface area contributed by atoms with Crippen LogP contribution in [0.5, 0.6) is 0 Å². The van der Waals surface area contributed by atoms with Crippen LogP contribution in [0.25, 0.3) is 32.6 Å². The fourth-order valence-electron chi connectivity index (χ4n) is 3.25. The number of hydrogen-bond donors (Lipinski definition) is 1. The highest BCUT2D eigenvalue weighted by atomic mass is 35.5. The SMILES string of the molecule is O=C(Nc1ccc2oc(-c3c(F)c(F)c(F)c(F)c3F)nc2c1)c1sc2ccccc2c1Cl. The van der Waals surface area contributed by atoms with Crippen molar-refractivity contribution < 1.29 is 31.2 Å². The highest BCUT2D eigenvalue weighted by Gasteiger charge is 2.29. The van der Waals surface area contributed by atoms with Gasteiger partial charge in [-0.1, -0.05) is 29.8 Å². The second-order valence-electron chi connectivity index (χ2n) is 6.84. The number of fused-ring (bicyclic) bond motifs is 2. The van der Waals surface area contributed by atoms with Gasteiger partial charge in [0.2, 0.25) is 11.7 Å². The summed E-state index contributed by atoms with van der Waals surface area (Å²) in [5.74, 6) is -11.9. The highest BCUT2D eigenvalue weighted by Crippen LogP contribution is 2.36. The number of rotatable bonds is 3. The molecule has 0 atom stereocenters. The third-order valence-electron chi connectivity index (χ3n) is 4.81. The molecule has 0 fully saturated rings. The molecular formula is C22H8ClF5N2O2S. The molecule has 1 amide bonds. The zero-order chi connectivity index (χ0) is 23.4. The van der Waals surface area contributed by atoms with E-state index in [1.54, 1.807) is 12.1 Å². The van der Waals surface area contributed by atoms with E-state index >= 15 is 0 Å². The Morgan fingerprint density at radius 2 is 1.61 bits per heavy atom. The van der Waals surface area contributed by atoms with Crippen LogP contribution in [0, 0.1) is 29.1 Å². The Morgan fingerprint density at radius 3 is 2.30 bits per heavy atom. The number of carbonyl (C=O) groups is 1.